The molecule has 4 heteroatoms. The molecule has 0 unspecified atom stereocenters. The lowest BCUT2D eigenvalue weighted by Crippen LogP contribution is -2.58. The van der Waals surface area contributed by atoms with Gasteiger partial charge in [0.15, 0.2) is 0 Å². The zero-order valence-corrected chi connectivity index (χ0v) is 28.4. The highest BCUT2D eigenvalue weighted by atomic mass is 16.5. The maximum Gasteiger partial charge on any atom is 0.260 e. The van der Waals surface area contributed by atoms with Crippen molar-refractivity contribution in [3.63, 3.8) is 0 Å². The van der Waals surface area contributed by atoms with Crippen molar-refractivity contribution < 1.29 is 36.9 Å². The van der Waals surface area contributed by atoms with Crippen LogP contribution in [0.2, 0.25) is 0 Å². The summed E-state index contributed by atoms with van der Waals surface area (Å²) < 4.78 is 192. The lowest BCUT2D eigenvalue weighted by molar-refractivity contribution is -0.00531. The largest absolute Gasteiger partial charge is 0.458 e. The number of benzene rings is 6. The van der Waals surface area contributed by atoms with E-state index in [-0.39, 0.29) is 55.8 Å². The van der Waals surface area contributed by atoms with Crippen LogP contribution in [0.3, 0.4) is 0 Å². The molecule has 2 aliphatic heterocycles. The lowest BCUT2D eigenvalue weighted by atomic mass is 9.34. The van der Waals surface area contributed by atoms with E-state index in [1.807, 2.05) is 12.1 Å². The molecule has 0 aromatic heterocycles. The summed E-state index contributed by atoms with van der Waals surface area (Å²) in [5, 5.41) is 0. The molecule has 6 aromatic carbocycles. The van der Waals surface area contributed by atoms with Gasteiger partial charge in [0.1, 0.15) is 23.0 Å². The van der Waals surface area contributed by atoms with Gasteiger partial charge in [0.05, 0.1) is 19.2 Å². The van der Waals surface area contributed by atoms with Crippen LogP contribution in [0.1, 0.15) is 96.3 Å². The minimum Gasteiger partial charge on any atom is -0.458 e. The quantitative estimate of drug-likeness (QED) is 0.170. The van der Waals surface area contributed by atoms with E-state index in [2.05, 4.69) is 0 Å². The predicted molar refractivity (Wildman–Crippen MR) is 216 cm³/mol. The molecule has 0 radical (unpaired) electrons. The Morgan fingerprint density at radius 3 is 1.87 bits per heavy atom. The van der Waals surface area contributed by atoms with Crippen LogP contribution in [0.5, 0.6) is 23.0 Å². The van der Waals surface area contributed by atoms with Crippen LogP contribution in [0.15, 0.2) is 127 Å². The second-order valence-electron chi connectivity index (χ2n) is 15.7. The Balaban J connectivity index is 1.13. The summed E-state index contributed by atoms with van der Waals surface area (Å²) >= 11 is 0. The van der Waals surface area contributed by atoms with Gasteiger partial charge in [0.2, 0.25) is 0 Å². The number of nitrogens with zero attached hydrogens (tertiary/aromatic N) is 1. The Labute approximate surface area is 340 Å². The van der Waals surface area contributed by atoms with E-state index in [0.717, 1.165) is 35.8 Å². The first-order valence-corrected chi connectivity index (χ1v) is 18.1. The molecular formula is C49H42BNO2. The van der Waals surface area contributed by atoms with E-state index >= 15 is 0 Å². The average molecular weight is 708 g/mol. The molecule has 0 spiro atoms. The zero-order chi connectivity index (χ0) is 52.2. The first-order valence-electron chi connectivity index (χ1n) is 28.1. The van der Waals surface area contributed by atoms with Crippen LogP contribution in [-0.2, 0) is 10.8 Å². The highest BCUT2D eigenvalue weighted by Gasteiger charge is 2.53. The number of hydrogen-bond donors (Lipinski definition) is 0. The van der Waals surface area contributed by atoms with Crippen molar-refractivity contribution in [2.45, 2.75) is 63.1 Å². The van der Waals surface area contributed by atoms with Crippen molar-refractivity contribution in [3.8, 4) is 34.1 Å². The van der Waals surface area contributed by atoms with Crippen molar-refractivity contribution in [1.29, 1.82) is 0 Å². The van der Waals surface area contributed by atoms with Crippen molar-refractivity contribution in [2.75, 3.05) is 4.90 Å². The number of hydrogen-bond acceptors (Lipinski definition) is 3. The van der Waals surface area contributed by atoms with Crippen molar-refractivity contribution in [3.05, 3.63) is 144 Å². The Morgan fingerprint density at radius 2 is 1.21 bits per heavy atom. The van der Waals surface area contributed by atoms with E-state index < -0.39 is 122 Å². The molecule has 5 aliphatic carbocycles. The van der Waals surface area contributed by atoms with Gasteiger partial charge in [0.25, 0.3) is 6.71 Å². The standard InChI is InChI=1S/C49H42BNO2/c1-48(2)39-24-36(51(34-11-5-3-6-12-34)35-13-7-4-8-14-35)17-18-37(39)38-25-44-42(26-40(38)48)50-41-15-9-10-16-43(41)52-45-22-33(23-46(53-44)47(45)50)49-27-30-19-31(28-49)21-32(20-30)29-49/h3-18,22-26,30-32H,19-21,27-29H2,1-2H3/i1D3,2D3,3D,4D,5D,6D,7D,8D,9D,10D,11D,12D,13D,14D,15D,16D. The second-order valence-corrected chi connectivity index (χ2v) is 15.7. The normalized spacial score (nSPS) is 30.1. The van der Waals surface area contributed by atoms with Crippen molar-refractivity contribution in [2.24, 2.45) is 17.8 Å². The molecule has 6 aromatic rings. The fourth-order valence-electron chi connectivity index (χ4n) is 11.0. The summed E-state index contributed by atoms with van der Waals surface area (Å²) in [6, 6.07) is 0.536. The van der Waals surface area contributed by atoms with E-state index in [1.165, 1.54) is 43.5 Å². The summed E-state index contributed by atoms with van der Waals surface area (Å²) in [6.45, 7) is -7.96. The molecule has 2 heterocycles. The van der Waals surface area contributed by atoms with Crippen LogP contribution in [-0.4, -0.2) is 6.71 Å². The molecule has 0 saturated heterocycles. The molecule has 53 heavy (non-hydrogen) atoms. The average Bonchev–Trinajstić information content (AvgIpc) is 3.63. The smallest absolute Gasteiger partial charge is 0.260 e. The Kier molecular flexibility index (Phi) is 3.40. The Hall–Kier alpha value is -5.22. The fraction of sp³-hybridized carbons (Fsp3) is 0.265. The molecule has 0 N–H and O–H groups in total. The molecule has 0 amide bonds. The molecule has 4 bridgehead atoms. The van der Waals surface area contributed by atoms with E-state index in [4.69, 9.17) is 27.3 Å². The maximum absolute atomic E-state index is 9.30. The van der Waals surface area contributed by atoms with Gasteiger partial charge in [-0.15, -0.1) is 0 Å². The van der Waals surface area contributed by atoms with Crippen LogP contribution in [0.4, 0.5) is 17.1 Å². The number of fused-ring (bicyclic) bond motifs is 7. The second kappa shape index (κ2) is 10.7. The van der Waals surface area contributed by atoms with Gasteiger partial charge in [-0.05, 0) is 161 Å². The monoisotopic (exact) mass is 707 g/mol. The highest BCUT2D eigenvalue weighted by molar-refractivity contribution is 6.98. The molecule has 7 aliphatic rings. The first-order chi connectivity index (χ1) is 34.2. The van der Waals surface area contributed by atoms with E-state index in [1.54, 1.807) is 0 Å². The van der Waals surface area contributed by atoms with Crippen LogP contribution < -0.4 is 30.8 Å². The number of anilines is 3. The fourth-order valence-corrected chi connectivity index (χ4v) is 11.0. The zero-order valence-electron chi connectivity index (χ0n) is 48.4. The van der Waals surface area contributed by atoms with E-state index in [0.29, 0.717) is 34.7 Å². The van der Waals surface area contributed by atoms with Gasteiger partial charge in [0, 0.05) is 36.2 Å². The first kappa shape index (κ1) is 16.9. The van der Waals surface area contributed by atoms with Gasteiger partial charge >= 0.3 is 0 Å². The minimum atomic E-state index is -3.44. The summed E-state index contributed by atoms with van der Waals surface area (Å²) in [6.07, 6.45) is 6.50. The third kappa shape index (κ3) is 4.30. The summed E-state index contributed by atoms with van der Waals surface area (Å²) in [7, 11) is 0. The van der Waals surface area contributed by atoms with Gasteiger partial charge < -0.3 is 14.4 Å². The number of ether oxygens (including phenoxy) is 2. The lowest BCUT2D eigenvalue weighted by Gasteiger charge is -2.57. The summed E-state index contributed by atoms with van der Waals surface area (Å²) in [4.78, 5) is 0.841. The van der Waals surface area contributed by atoms with Crippen LogP contribution in [0.25, 0.3) is 11.1 Å². The third-order valence-electron chi connectivity index (χ3n) is 12.7. The van der Waals surface area contributed by atoms with Crippen molar-refractivity contribution >= 4 is 40.2 Å². The molecule has 4 saturated carbocycles. The van der Waals surface area contributed by atoms with Gasteiger partial charge in [-0.2, -0.15) is 0 Å². The number of rotatable bonds is 4. The van der Waals surface area contributed by atoms with Gasteiger partial charge in [-0.1, -0.05) is 80.2 Å². The molecule has 13 rings (SSSR count). The van der Waals surface area contributed by atoms with Crippen LogP contribution >= 0.6 is 0 Å². The summed E-state index contributed by atoms with van der Waals surface area (Å²) in [5.41, 5.74) is -3.42. The molecule has 0 atom stereocenters. The SMILES string of the molecule is [2H]c1c([2H])c([2H])c(N(c2ccc3c(c2)C(C([2H])([2H])[2H])(C([2H])([2H])[2H])c2cc4c(cc2-3)Oc2cc(C35CC6CC(CC(C6)C3)C5)cc3c2B4c2c([2H])c([2H])c([2H])c([2H])c2O3)c2c([2H])c([2H])c([2H])c([2H])c2[2H])c([2H])c1[2H]. The molecular weight excluding hydrogens is 645 g/mol. The summed E-state index contributed by atoms with van der Waals surface area (Å²) in [5.74, 6) is 2.43. The minimum absolute atomic E-state index is 0.0471. The predicted octanol–water partition coefficient (Wildman–Crippen LogP) is 10.7. The highest BCUT2D eigenvalue weighted by Crippen LogP contribution is 2.61. The van der Waals surface area contributed by atoms with Gasteiger partial charge in [-0.3, -0.25) is 0 Å². The molecule has 258 valence electrons. The topological polar surface area (TPSA) is 21.7 Å². The van der Waals surface area contributed by atoms with Crippen molar-refractivity contribution in [1.82, 2.24) is 0 Å². The molecule has 4 fully saturated rings. The maximum atomic E-state index is 9.30. The Bertz CT molecular complexity index is 3340. The Morgan fingerprint density at radius 1 is 0.604 bits per heavy atom. The van der Waals surface area contributed by atoms with Gasteiger partial charge in [-0.25, -0.2) is 0 Å². The molecule has 3 nitrogen and oxygen atoms in total. The van der Waals surface area contributed by atoms with E-state index in [9.17, 15) is 9.60 Å². The number of para-hydroxylation sites is 3. The third-order valence-corrected chi connectivity index (χ3v) is 12.7. The van der Waals surface area contributed by atoms with Crippen LogP contribution in [0, 0.1) is 17.8 Å².